The molecule has 2 N–H and O–H groups in total. The van der Waals surface area contributed by atoms with Gasteiger partial charge in [-0.1, -0.05) is 0 Å². The maximum Gasteiger partial charge on any atom is 0.329 e. The molecule has 1 unspecified atom stereocenters. The second-order valence-corrected chi connectivity index (χ2v) is 7.00. The molecule has 29 heavy (non-hydrogen) atoms. The number of likely N-dealkylation sites (tertiary alicyclic amines) is 1. The van der Waals surface area contributed by atoms with Crippen LogP contribution in [-0.4, -0.2) is 67.8 Å². The summed E-state index contributed by atoms with van der Waals surface area (Å²) >= 11 is 0. The first-order chi connectivity index (χ1) is 14.1. The van der Waals surface area contributed by atoms with Gasteiger partial charge in [-0.15, -0.1) is 0 Å². The molecule has 2 fully saturated rings. The number of hydrogen-bond donors (Lipinski definition) is 2. The molecule has 2 aliphatic rings. The van der Waals surface area contributed by atoms with Crippen molar-refractivity contribution in [1.82, 2.24) is 15.6 Å². The maximum atomic E-state index is 11.9. The molecule has 1 aromatic carbocycles. The van der Waals surface area contributed by atoms with Crippen LogP contribution in [0.2, 0.25) is 0 Å². The summed E-state index contributed by atoms with van der Waals surface area (Å²) in [5.41, 5.74) is 2.96. The standard InChI is InChI=1S/C20H26N4O5/c25-18(21-13-17-4-3-11-28-17)14-29-16-7-5-15(6-8-16)12-22-23-19(26)20(27)24-9-1-2-10-24/h5-8,12,17H,1-4,9-11,13-14H2,(H,21,25)(H,23,26)/b22-12+. The van der Waals surface area contributed by atoms with Crippen LogP contribution in [-0.2, 0) is 19.1 Å². The van der Waals surface area contributed by atoms with Gasteiger partial charge in [0.1, 0.15) is 5.75 Å². The van der Waals surface area contributed by atoms with Crippen LogP contribution in [0, 0.1) is 0 Å². The highest BCUT2D eigenvalue weighted by Crippen LogP contribution is 2.12. The molecule has 0 saturated carbocycles. The van der Waals surface area contributed by atoms with Crippen LogP contribution in [0.25, 0.3) is 0 Å². The number of carbonyl (C=O) groups is 3. The minimum Gasteiger partial charge on any atom is -0.484 e. The molecule has 2 saturated heterocycles. The van der Waals surface area contributed by atoms with E-state index in [1.807, 2.05) is 0 Å². The molecule has 3 rings (SSSR count). The number of amides is 3. The molecule has 9 nitrogen and oxygen atoms in total. The van der Waals surface area contributed by atoms with Gasteiger partial charge in [0.2, 0.25) is 0 Å². The molecule has 2 aliphatic heterocycles. The van der Waals surface area contributed by atoms with Crippen molar-refractivity contribution in [2.24, 2.45) is 5.10 Å². The van der Waals surface area contributed by atoms with Gasteiger partial charge in [0.05, 0.1) is 12.3 Å². The average molecular weight is 402 g/mol. The van der Waals surface area contributed by atoms with E-state index >= 15 is 0 Å². The molecule has 0 aromatic heterocycles. The predicted octanol–water partition coefficient (Wildman–Crippen LogP) is 0.433. The molecule has 1 aromatic rings. The van der Waals surface area contributed by atoms with Gasteiger partial charge in [-0.2, -0.15) is 5.10 Å². The number of benzene rings is 1. The van der Waals surface area contributed by atoms with Gasteiger partial charge in [-0.05, 0) is 55.5 Å². The molecule has 0 spiro atoms. The molecule has 2 heterocycles. The van der Waals surface area contributed by atoms with Crippen LogP contribution in [0.1, 0.15) is 31.2 Å². The van der Waals surface area contributed by atoms with E-state index in [2.05, 4.69) is 15.8 Å². The topological polar surface area (TPSA) is 109 Å². The van der Waals surface area contributed by atoms with Gasteiger partial charge in [-0.25, -0.2) is 5.43 Å². The van der Waals surface area contributed by atoms with Crippen LogP contribution in [0.3, 0.4) is 0 Å². The van der Waals surface area contributed by atoms with Crippen LogP contribution < -0.4 is 15.5 Å². The molecule has 156 valence electrons. The van der Waals surface area contributed by atoms with Gasteiger partial charge in [0.25, 0.3) is 5.91 Å². The third kappa shape index (κ3) is 6.56. The van der Waals surface area contributed by atoms with E-state index in [0.29, 0.717) is 30.9 Å². The van der Waals surface area contributed by atoms with Crippen molar-refractivity contribution in [1.29, 1.82) is 0 Å². The van der Waals surface area contributed by atoms with Crippen molar-refractivity contribution >= 4 is 23.9 Å². The third-order valence-corrected chi connectivity index (χ3v) is 4.77. The lowest BCUT2D eigenvalue weighted by molar-refractivity contribution is -0.145. The van der Waals surface area contributed by atoms with Crippen LogP contribution in [0.15, 0.2) is 29.4 Å². The Morgan fingerprint density at radius 2 is 1.93 bits per heavy atom. The van der Waals surface area contributed by atoms with Crippen molar-refractivity contribution in [3.8, 4) is 5.75 Å². The van der Waals surface area contributed by atoms with Gasteiger partial charge >= 0.3 is 11.8 Å². The van der Waals surface area contributed by atoms with E-state index < -0.39 is 11.8 Å². The first-order valence-corrected chi connectivity index (χ1v) is 9.85. The number of ether oxygens (including phenoxy) is 2. The third-order valence-electron chi connectivity index (χ3n) is 4.77. The highest BCUT2D eigenvalue weighted by atomic mass is 16.5. The van der Waals surface area contributed by atoms with Crippen LogP contribution in [0.5, 0.6) is 5.75 Å². The fraction of sp³-hybridized carbons (Fsp3) is 0.500. The zero-order valence-electron chi connectivity index (χ0n) is 16.3. The molecular weight excluding hydrogens is 376 g/mol. The molecule has 0 aliphatic carbocycles. The fourth-order valence-corrected chi connectivity index (χ4v) is 3.16. The highest BCUT2D eigenvalue weighted by molar-refractivity contribution is 6.35. The van der Waals surface area contributed by atoms with E-state index in [1.54, 1.807) is 24.3 Å². The Labute approximate surface area is 169 Å². The van der Waals surface area contributed by atoms with Crippen molar-refractivity contribution in [2.75, 3.05) is 32.8 Å². The molecule has 3 amide bonds. The van der Waals surface area contributed by atoms with E-state index in [4.69, 9.17) is 9.47 Å². The lowest BCUT2D eigenvalue weighted by Gasteiger charge is -2.12. The van der Waals surface area contributed by atoms with E-state index in [9.17, 15) is 14.4 Å². The Morgan fingerprint density at radius 1 is 1.17 bits per heavy atom. The lowest BCUT2D eigenvalue weighted by Crippen LogP contribution is -2.39. The number of nitrogens with zero attached hydrogens (tertiary/aromatic N) is 2. The highest BCUT2D eigenvalue weighted by Gasteiger charge is 2.23. The minimum atomic E-state index is -0.739. The second-order valence-electron chi connectivity index (χ2n) is 7.00. The number of carbonyl (C=O) groups excluding carboxylic acids is 3. The van der Waals surface area contributed by atoms with Crippen molar-refractivity contribution in [3.05, 3.63) is 29.8 Å². The van der Waals surface area contributed by atoms with Crippen molar-refractivity contribution in [3.63, 3.8) is 0 Å². The minimum absolute atomic E-state index is 0.0746. The summed E-state index contributed by atoms with van der Waals surface area (Å²) in [6.45, 7) is 2.41. The first-order valence-electron chi connectivity index (χ1n) is 9.85. The predicted molar refractivity (Wildman–Crippen MR) is 105 cm³/mol. The first kappa shape index (κ1) is 20.8. The fourth-order valence-electron chi connectivity index (χ4n) is 3.16. The summed E-state index contributed by atoms with van der Waals surface area (Å²) in [4.78, 5) is 37.0. The SMILES string of the molecule is O=C(COc1ccc(/C=N/NC(=O)C(=O)N2CCCC2)cc1)NCC1CCCO1. The Kier molecular flexibility index (Phi) is 7.57. The lowest BCUT2D eigenvalue weighted by atomic mass is 10.2. The van der Waals surface area contributed by atoms with Crippen LogP contribution >= 0.6 is 0 Å². The average Bonchev–Trinajstić information content (AvgIpc) is 3.45. The second kappa shape index (κ2) is 10.6. The molecule has 9 heteroatoms. The Hall–Kier alpha value is -2.94. The summed E-state index contributed by atoms with van der Waals surface area (Å²) in [6, 6.07) is 6.87. The number of hydrazone groups is 1. The van der Waals surface area contributed by atoms with Gasteiger partial charge in [-0.3, -0.25) is 14.4 Å². The number of hydrogen-bond acceptors (Lipinski definition) is 6. The Morgan fingerprint density at radius 3 is 2.62 bits per heavy atom. The maximum absolute atomic E-state index is 11.9. The molecule has 0 bridgehead atoms. The normalized spacial score (nSPS) is 18.8. The van der Waals surface area contributed by atoms with Gasteiger partial charge in [0, 0.05) is 26.2 Å². The molecule has 1 atom stereocenters. The monoisotopic (exact) mass is 402 g/mol. The Bertz CT molecular complexity index is 738. The summed E-state index contributed by atoms with van der Waals surface area (Å²) in [6.07, 6.45) is 5.39. The summed E-state index contributed by atoms with van der Waals surface area (Å²) < 4.78 is 10.9. The van der Waals surface area contributed by atoms with E-state index in [1.165, 1.54) is 11.1 Å². The van der Waals surface area contributed by atoms with Gasteiger partial charge < -0.3 is 19.7 Å². The molecule has 0 radical (unpaired) electrons. The molecular formula is C20H26N4O5. The summed E-state index contributed by atoms with van der Waals surface area (Å²) in [5, 5.41) is 6.60. The van der Waals surface area contributed by atoms with Crippen molar-refractivity contribution in [2.45, 2.75) is 31.8 Å². The van der Waals surface area contributed by atoms with Crippen LogP contribution in [0.4, 0.5) is 0 Å². The van der Waals surface area contributed by atoms with E-state index in [0.717, 1.165) is 32.3 Å². The number of rotatable bonds is 7. The zero-order valence-corrected chi connectivity index (χ0v) is 16.3. The largest absolute Gasteiger partial charge is 0.484 e. The quantitative estimate of drug-likeness (QED) is 0.391. The zero-order chi connectivity index (χ0) is 20.5. The smallest absolute Gasteiger partial charge is 0.329 e. The van der Waals surface area contributed by atoms with Crippen molar-refractivity contribution < 1.29 is 23.9 Å². The number of nitrogens with one attached hydrogen (secondary N) is 2. The summed E-state index contributed by atoms with van der Waals surface area (Å²) in [7, 11) is 0. The van der Waals surface area contributed by atoms with E-state index in [-0.39, 0.29) is 18.6 Å². The summed E-state index contributed by atoms with van der Waals surface area (Å²) in [5.74, 6) is -0.947. The van der Waals surface area contributed by atoms with Gasteiger partial charge in [0.15, 0.2) is 6.61 Å². The Balaban J connectivity index is 1.36.